The molecule has 1 aliphatic heterocycles. The third-order valence-electron chi connectivity index (χ3n) is 11.7. The Hall–Kier alpha value is -8.03. The number of aliphatic hydroxyl groups is 1. The van der Waals surface area contributed by atoms with Crippen LogP contribution in [-0.2, 0) is 56.0 Å². The Labute approximate surface area is 435 Å². The summed E-state index contributed by atoms with van der Waals surface area (Å²) >= 11 is 0. The van der Waals surface area contributed by atoms with E-state index in [-0.39, 0.29) is 120 Å². The molecule has 1 heterocycles. The van der Waals surface area contributed by atoms with Gasteiger partial charge < -0.3 is 81.0 Å². The van der Waals surface area contributed by atoms with Gasteiger partial charge in [0.2, 0.25) is 53.2 Å². The minimum atomic E-state index is -1.71. The van der Waals surface area contributed by atoms with Crippen LogP contribution in [0.25, 0.3) is 0 Å². The number of nitrogens with zero attached hydrogens (tertiary/aromatic N) is 3. The van der Waals surface area contributed by atoms with Crippen LogP contribution >= 0.6 is 0 Å². The molecule has 26 heteroatoms. The van der Waals surface area contributed by atoms with Crippen molar-refractivity contribution in [1.29, 1.82) is 0 Å². The van der Waals surface area contributed by atoms with Crippen LogP contribution < -0.4 is 65.9 Å². The number of aromatic hydroxyl groups is 1. The van der Waals surface area contributed by atoms with Gasteiger partial charge in [0.1, 0.15) is 42.0 Å². The first kappa shape index (κ1) is 61.3. The molecule has 2 aromatic carbocycles. The Morgan fingerprint density at radius 1 is 0.693 bits per heavy atom. The number of aliphatic imine (C=N–C) groups is 2. The molecule has 2 aromatic rings. The summed E-state index contributed by atoms with van der Waals surface area (Å²) < 4.78 is 0. The van der Waals surface area contributed by atoms with Gasteiger partial charge in [-0.25, -0.2) is 0 Å². The maximum Gasteiger partial charge on any atom is 0.248 e. The first-order chi connectivity index (χ1) is 35.6. The molecule has 1 aliphatic rings. The molecule has 1 fully saturated rings. The number of benzene rings is 2. The summed E-state index contributed by atoms with van der Waals surface area (Å²) in [5.74, 6) is -7.46. The molecular weight excluding hydrogens is 975 g/mol. The van der Waals surface area contributed by atoms with E-state index in [1.807, 2.05) is 13.8 Å². The highest BCUT2D eigenvalue weighted by molar-refractivity contribution is 5.97. The Morgan fingerprint density at radius 2 is 1.25 bits per heavy atom. The summed E-state index contributed by atoms with van der Waals surface area (Å²) in [6, 6.07) is 6.18. The van der Waals surface area contributed by atoms with Gasteiger partial charge in [-0.3, -0.25) is 53.1 Å². The number of rotatable bonds is 21. The lowest BCUT2D eigenvalue weighted by Crippen LogP contribution is -2.60. The van der Waals surface area contributed by atoms with Crippen LogP contribution in [0.3, 0.4) is 0 Å². The molecule has 75 heavy (non-hydrogen) atoms. The monoisotopic (exact) mass is 1050 g/mol. The molecule has 0 bridgehead atoms. The Kier molecular flexibility index (Phi) is 26.3. The molecule has 19 N–H and O–H groups in total. The van der Waals surface area contributed by atoms with Crippen molar-refractivity contribution in [2.75, 3.05) is 39.3 Å². The SMILES string of the molecule is CC(C)C[C@H](NC(=O)[C@H](CCCN=C(N)N)NC(=O)CN1CCCNC(=O)CCCC(=O)N[C@@H](CCCN=C(N)N)C(=O)N[C@@H](Cc2ccc(O)cc2)C(=O)N[C@@H](Cc2ccccc2)C(=O)N[C@@H](CO)C1=O)C(N)=O. The topological polar surface area (TPSA) is 436 Å². The van der Waals surface area contributed by atoms with Gasteiger partial charge in [0.25, 0.3) is 0 Å². The zero-order valence-corrected chi connectivity index (χ0v) is 42.6. The lowest BCUT2D eigenvalue weighted by molar-refractivity contribution is -0.141. The number of carbonyl (C=O) groups is 9. The highest BCUT2D eigenvalue weighted by Crippen LogP contribution is 2.14. The maximum absolute atomic E-state index is 14.5. The van der Waals surface area contributed by atoms with E-state index in [0.717, 1.165) is 4.90 Å². The molecule has 9 amide bonds. The van der Waals surface area contributed by atoms with Crippen LogP contribution in [0.1, 0.15) is 82.8 Å². The van der Waals surface area contributed by atoms with Crippen molar-refractivity contribution in [3.8, 4) is 5.75 Å². The molecule has 412 valence electrons. The van der Waals surface area contributed by atoms with E-state index in [4.69, 9.17) is 28.7 Å². The fourth-order valence-corrected chi connectivity index (χ4v) is 7.84. The lowest BCUT2D eigenvalue weighted by Gasteiger charge is -2.29. The second kappa shape index (κ2) is 32.2. The largest absolute Gasteiger partial charge is 0.508 e. The summed E-state index contributed by atoms with van der Waals surface area (Å²) in [4.78, 5) is 132. The number of aliphatic hydroxyl groups excluding tert-OH is 1. The molecule has 0 unspecified atom stereocenters. The van der Waals surface area contributed by atoms with E-state index >= 15 is 0 Å². The maximum atomic E-state index is 14.5. The minimum Gasteiger partial charge on any atom is -0.508 e. The van der Waals surface area contributed by atoms with Gasteiger partial charge in [0, 0.05) is 51.9 Å². The van der Waals surface area contributed by atoms with E-state index in [1.54, 1.807) is 30.3 Å². The summed E-state index contributed by atoms with van der Waals surface area (Å²) in [5, 5.41) is 39.1. The van der Waals surface area contributed by atoms with Crippen LogP contribution in [0.15, 0.2) is 64.6 Å². The molecule has 6 atom stereocenters. The smallest absolute Gasteiger partial charge is 0.248 e. The number of phenolic OH excluding ortho intramolecular Hbond substituents is 1. The number of phenols is 1. The van der Waals surface area contributed by atoms with Crippen molar-refractivity contribution >= 4 is 65.1 Å². The Bertz CT molecular complexity index is 2290. The first-order valence-corrected chi connectivity index (χ1v) is 24.8. The highest BCUT2D eigenvalue weighted by atomic mass is 16.3. The number of primary amides is 1. The first-order valence-electron chi connectivity index (χ1n) is 24.8. The van der Waals surface area contributed by atoms with Gasteiger partial charge in [0.15, 0.2) is 11.9 Å². The van der Waals surface area contributed by atoms with E-state index in [9.17, 15) is 53.4 Å². The second-order valence-electron chi connectivity index (χ2n) is 18.5. The van der Waals surface area contributed by atoms with Gasteiger partial charge >= 0.3 is 0 Å². The van der Waals surface area contributed by atoms with Crippen molar-refractivity contribution in [3.05, 3.63) is 65.7 Å². The summed E-state index contributed by atoms with van der Waals surface area (Å²) in [6.45, 7) is 1.87. The number of hydrogen-bond acceptors (Lipinski definition) is 13. The average molecular weight is 1050 g/mol. The Morgan fingerprint density at radius 3 is 1.83 bits per heavy atom. The second-order valence-corrected chi connectivity index (χ2v) is 18.5. The molecule has 0 aliphatic carbocycles. The number of amides is 9. The molecule has 26 nitrogen and oxygen atoms in total. The molecule has 0 spiro atoms. The fourth-order valence-electron chi connectivity index (χ4n) is 7.84. The van der Waals surface area contributed by atoms with Gasteiger partial charge in [-0.05, 0) is 74.1 Å². The van der Waals surface area contributed by atoms with Crippen molar-refractivity contribution in [1.82, 2.24) is 42.1 Å². The number of guanidine groups is 2. The molecule has 1 saturated heterocycles. The highest BCUT2D eigenvalue weighted by Gasteiger charge is 2.34. The third kappa shape index (κ3) is 23.6. The van der Waals surface area contributed by atoms with Crippen molar-refractivity contribution < 1.29 is 53.4 Å². The van der Waals surface area contributed by atoms with E-state index in [1.165, 1.54) is 24.3 Å². The van der Waals surface area contributed by atoms with Crippen molar-refractivity contribution in [2.45, 2.75) is 121 Å². The number of nitrogens with two attached hydrogens (primary N) is 5. The Balaban J connectivity index is 2.04. The van der Waals surface area contributed by atoms with Gasteiger partial charge in [-0.1, -0.05) is 56.3 Å². The van der Waals surface area contributed by atoms with E-state index < -0.39 is 103 Å². The molecule has 0 aromatic heterocycles. The molecule has 0 radical (unpaired) electrons. The number of nitrogens with one attached hydrogen (secondary N) is 7. The fraction of sp³-hybridized carbons (Fsp3) is 0.531. The predicted octanol–water partition coefficient (Wildman–Crippen LogP) is -3.76. The normalized spacial score (nSPS) is 19.5. The minimum absolute atomic E-state index is 0.0201. The van der Waals surface area contributed by atoms with E-state index in [0.29, 0.717) is 11.1 Å². The zero-order chi connectivity index (χ0) is 55.5. The predicted molar refractivity (Wildman–Crippen MR) is 277 cm³/mol. The van der Waals surface area contributed by atoms with Crippen LogP contribution in [0, 0.1) is 5.92 Å². The van der Waals surface area contributed by atoms with Crippen LogP contribution in [0.5, 0.6) is 5.75 Å². The summed E-state index contributed by atoms with van der Waals surface area (Å²) in [5.41, 5.74) is 28.5. The number of hydrogen-bond donors (Lipinski definition) is 14. The van der Waals surface area contributed by atoms with Crippen LogP contribution in [0.4, 0.5) is 0 Å². The van der Waals surface area contributed by atoms with Gasteiger partial charge in [0.05, 0.1) is 13.2 Å². The van der Waals surface area contributed by atoms with Crippen molar-refractivity contribution in [3.63, 3.8) is 0 Å². The van der Waals surface area contributed by atoms with Gasteiger partial charge in [-0.2, -0.15) is 0 Å². The average Bonchev–Trinajstić information content (AvgIpc) is 3.35. The van der Waals surface area contributed by atoms with Gasteiger partial charge in [-0.15, -0.1) is 0 Å². The molecular formula is C49H75N15O11. The quantitative estimate of drug-likeness (QED) is 0.0324. The standard InChI is InChI=1S/C49H75N15O11/c1-29(2)24-35(42(50)70)60-43(71)34(13-8-21-57-49(53)54)59-41(69)27-64-23-9-22-55-39(67)14-6-15-40(68)58-33(12-7-20-56-48(51)52)44(72)61-37(26-31-16-18-32(66)19-17-31)45(73)62-36(25-30-10-4-3-5-11-30)46(74)63-38(28-65)47(64)75/h3-5,10-11,16-19,29,33-38,65-66H,6-9,12-15,20-28H2,1-2H3,(H2,50,70)(H,55,67)(H,58,68)(H,59,69)(H,60,71)(H,61,72)(H,62,73)(H,63,74)(H4,51,52,56)(H4,53,54,57)/t33-,34-,35-,36-,37-,38-/m0/s1. The molecule has 3 rings (SSSR count). The number of carbonyl (C=O) groups excluding carboxylic acids is 9. The van der Waals surface area contributed by atoms with E-state index in [2.05, 4.69) is 47.2 Å². The summed E-state index contributed by atoms with van der Waals surface area (Å²) in [6.07, 6.45) is 0.142. The molecule has 0 saturated carbocycles. The third-order valence-corrected chi connectivity index (χ3v) is 11.7. The van der Waals surface area contributed by atoms with Crippen LogP contribution in [-0.4, -0.2) is 156 Å². The van der Waals surface area contributed by atoms with Crippen LogP contribution in [0.2, 0.25) is 0 Å². The lowest BCUT2D eigenvalue weighted by atomic mass is 10.0. The zero-order valence-electron chi connectivity index (χ0n) is 42.6. The summed E-state index contributed by atoms with van der Waals surface area (Å²) in [7, 11) is 0. The van der Waals surface area contributed by atoms with Crippen molar-refractivity contribution in [2.24, 2.45) is 44.6 Å².